The highest BCUT2D eigenvalue weighted by molar-refractivity contribution is 8.30. The average Bonchev–Trinajstić information content (AvgIpc) is 3.22. The van der Waals surface area contributed by atoms with E-state index in [0.29, 0.717) is 36.3 Å². The summed E-state index contributed by atoms with van der Waals surface area (Å²) in [5.74, 6) is -1.78. The highest BCUT2D eigenvalue weighted by atomic mass is 32.2. The summed E-state index contributed by atoms with van der Waals surface area (Å²) in [5.41, 5.74) is 0.547. The number of Topliss-reactive ketones (excluding diaryl/α,β-unsaturated/α-hetero) is 4. The molecule has 184 valence electrons. The average molecular weight is 517 g/mol. The van der Waals surface area contributed by atoms with Crippen molar-refractivity contribution < 1.29 is 19.2 Å². The topological polar surface area (TPSA) is 68.3 Å². The van der Waals surface area contributed by atoms with Crippen LogP contribution in [-0.2, 0) is 9.59 Å². The van der Waals surface area contributed by atoms with Crippen LogP contribution < -0.4 is 0 Å². The molecule has 0 N–H and O–H groups in total. The Kier molecular flexibility index (Phi) is 6.88. The van der Waals surface area contributed by atoms with E-state index in [2.05, 4.69) is 0 Å². The molecule has 0 radical (unpaired) electrons. The highest BCUT2D eigenvalue weighted by Gasteiger charge is 2.47. The minimum atomic E-state index is -0.590. The second kappa shape index (κ2) is 9.49. The Hall–Kier alpha value is -2.96. The van der Waals surface area contributed by atoms with Gasteiger partial charge >= 0.3 is 0 Å². The number of fused-ring (bicyclic) bond motifs is 1. The third-order valence-electron chi connectivity index (χ3n) is 5.94. The van der Waals surface area contributed by atoms with Crippen LogP contribution in [0.2, 0.25) is 0 Å². The summed E-state index contributed by atoms with van der Waals surface area (Å²) in [5, 5.41) is 0. The van der Waals surface area contributed by atoms with E-state index >= 15 is 0 Å². The summed E-state index contributed by atoms with van der Waals surface area (Å²) in [6.45, 7) is 11.4. The highest BCUT2D eigenvalue weighted by Crippen LogP contribution is 2.61. The van der Waals surface area contributed by atoms with Crippen molar-refractivity contribution in [3.8, 4) is 0 Å². The number of ketones is 4. The van der Waals surface area contributed by atoms with Gasteiger partial charge in [-0.1, -0.05) is 126 Å². The second-order valence-corrected chi connectivity index (χ2v) is 13.1. The maximum Gasteiger partial charge on any atom is 0.230 e. The second-order valence-electron chi connectivity index (χ2n) is 10.8. The first kappa shape index (κ1) is 26.1. The molecule has 2 aliphatic rings. The third kappa shape index (κ3) is 4.72. The number of carbonyl (C=O) groups excluding carboxylic acids is 4. The molecule has 0 aromatic heterocycles. The molecule has 0 amide bonds. The van der Waals surface area contributed by atoms with Crippen LogP contribution in [0, 0.1) is 10.8 Å². The van der Waals surface area contributed by atoms with Crippen molar-refractivity contribution >= 4 is 46.7 Å². The lowest BCUT2D eigenvalue weighted by Gasteiger charge is -2.32. The van der Waals surface area contributed by atoms with E-state index in [1.165, 1.54) is 23.5 Å². The van der Waals surface area contributed by atoms with Gasteiger partial charge in [0, 0.05) is 32.1 Å². The molecule has 4 rings (SSSR count). The Balaban J connectivity index is 2.02. The number of benzene rings is 2. The van der Waals surface area contributed by atoms with Gasteiger partial charge in [0.05, 0.1) is 9.81 Å². The Bertz CT molecular complexity index is 1270. The van der Waals surface area contributed by atoms with Crippen molar-refractivity contribution in [2.24, 2.45) is 10.8 Å². The summed E-state index contributed by atoms with van der Waals surface area (Å²) >= 11 is 2.52. The van der Waals surface area contributed by atoms with Crippen molar-refractivity contribution in [1.82, 2.24) is 0 Å². The number of hydrogen-bond acceptors (Lipinski definition) is 6. The van der Waals surface area contributed by atoms with Crippen molar-refractivity contribution in [2.75, 3.05) is 0 Å². The molecule has 0 unspecified atom stereocenters. The van der Waals surface area contributed by atoms with Gasteiger partial charge in [0.1, 0.15) is 0 Å². The summed E-state index contributed by atoms with van der Waals surface area (Å²) in [4.78, 5) is 55.6. The van der Waals surface area contributed by atoms with Crippen molar-refractivity contribution in [3.63, 3.8) is 0 Å². The molecular formula is C30H28O4S2. The van der Waals surface area contributed by atoms with Gasteiger partial charge in [-0.15, -0.1) is 0 Å². The molecule has 36 heavy (non-hydrogen) atoms. The van der Waals surface area contributed by atoms with Gasteiger partial charge in [0.15, 0.2) is 11.6 Å². The monoisotopic (exact) mass is 516 g/mol. The van der Waals surface area contributed by atoms with Gasteiger partial charge in [-0.05, 0) is 10.8 Å². The molecule has 0 spiro atoms. The van der Waals surface area contributed by atoms with Crippen LogP contribution in [0.3, 0.4) is 0 Å². The largest absolute Gasteiger partial charge is 0.288 e. The Morgan fingerprint density at radius 1 is 0.583 bits per heavy atom. The summed E-state index contributed by atoms with van der Waals surface area (Å²) < 4.78 is 0.494. The number of hydrogen-bond donors (Lipinski definition) is 0. The summed E-state index contributed by atoms with van der Waals surface area (Å²) in [7, 11) is 0. The Morgan fingerprint density at radius 2 is 0.917 bits per heavy atom. The standard InChI is InChI=1S/C30H28O4S2/c1-29(2,3)20-24(33)25(34)21(30(4,5)6)27-26(20)35-28(36-27)19(22(31)17-13-9-7-10-14-17)23(32)18-15-11-8-12-16-18/h7-16H,1-6H3. The van der Waals surface area contributed by atoms with Crippen molar-refractivity contribution in [1.29, 1.82) is 0 Å². The predicted octanol–water partition coefficient (Wildman–Crippen LogP) is 7.20. The van der Waals surface area contributed by atoms with Gasteiger partial charge in [-0.3, -0.25) is 19.2 Å². The quantitative estimate of drug-likeness (QED) is 0.107. The zero-order valence-corrected chi connectivity index (χ0v) is 22.9. The fraction of sp³-hybridized carbons (Fsp3) is 0.267. The van der Waals surface area contributed by atoms with E-state index in [9.17, 15) is 19.2 Å². The van der Waals surface area contributed by atoms with Crippen LogP contribution in [0.15, 0.2) is 91.4 Å². The molecule has 2 aromatic rings. The first-order valence-corrected chi connectivity index (χ1v) is 13.3. The molecule has 4 nitrogen and oxygen atoms in total. The molecule has 0 atom stereocenters. The van der Waals surface area contributed by atoms with E-state index < -0.39 is 22.4 Å². The maximum atomic E-state index is 13.8. The smallest absolute Gasteiger partial charge is 0.230 e. The van der Waals surface area contributed by atoms with Gasteiger partial charge < -0.3 is 0 Å². The molecule has 1 aliphatic carbocycles. The predicted molar refractivity (Wildman–Crippen MR) is 147 cm³/mol. The van der Waals surface area contributed by atoms with Crippen molar-refractivity contribution in [3.05, 3.63) is 103 Å². The molecule has 6 heteroatoms. The zero-order valence-electron chi connectivity index (χ0n) is 21.2. The lowest BCUT2D eigenvalue weighted by molar-refractivity contribution is -0.133. The third-order valence-corrected chi connectivity index (χ3v) is 8.57. The molecule has 1 fully saturated rings. The Morgan fingerprint density at radius 3 is 1.22 bits per heavy atom. The van der Waals surface area contributed by atoms with E-state index in [-0.39, 0.29) is 17.1 Å². The summed E-state index contributed by atoms with van der Waals surface area (Å²) in [6.07, 6.45) is 0. The van der Waals surface area contributed by atoms with Gasteiger partial charge in [0.2, 0.25) is 11.6 Å². The van der Waals surface area contributed by atoms with E-state index in [1.54, 1.807) is 48.5 Å². The normalized spacial score (nSPS) is 16.4. The molecule has 0 saturated carbocycles. The van der Waals surface area contributed by atoms with E-state index in [1.807, 2.05) is 53.7 Å². The van der Waals surface area contributed by atoms with Crippen LogP contribution in [0.1, 0.15) is 62.3 Å². The lowest BCUT2D eigenvalue weighted by Crippen LogP contribution is -2.34. The number of allylic oxidation sites excluding steroid dienone is 3. The zero-order chi connectivity index (χ0) is 26.4. The first-order valence-electron chi connectivity index (χ1n) is 11.7. The molecular weight excluding hydrogens is 488 g/mol. The van der Waals surface area contributed by atoms with Crippen LogP contribution >= 0.6 is 23.5 Å². The minimum absolute atomic E-state index is 0.0539. The molecule has 1 heterocycles. The van der Waals surface area contributed by atoms with Crippen LogP contribution in [0.4, 0.5) is 0 Å². The molecule has 2 aromatic carbocycles. The van der Waals surface area contributed by atoms with Crippen LogP contribution in [0.5, 0.6) is 0 Å². The fourth-order valence-corrected chi connectivity index (χ4v) is 7.54. The van der Waals surface area contributed by atoms with E-state index in [0.717, 1.165) is 0 Å². The van der Waals surface area contributed by atoms with E-state index in [4.69, 9.17) is 0 Å². The van der Waals surface area contributed by atoms with Gasteiger partial charge in [0.25, 0.3) is 0 Å². The molecule has 1 saturated heterocycles. The SMILES string of the molecule is CC(C)(C)C1=C2SC(=C(C(=O)c3ccccc3)C(=O)c3ccccc3)SC2=C(C(C)(C)C)C(=O)C1=O. The molecule has 0 bridgehead atoms. The Labute approximate surface area is 220 Å². The van der Waals surface area contributed by atoms with Crippen molar-refractivity contribution in [2.45, 2.75) is 41.5 Å². The lowest BCUT2D eigenvalue weighted by atomic mass is 9.73. The molecule has 1 aliphatic heterocycles. The first-order chi connectivity index (χ1) is 16.8. The van der Waals surface area contributed by atoms with Gasteiger partial charge in [-0.2, -0.15) is 0 Å². The number of carbonyl (C=O) groups is 4. The van der Waals surface area contributed by atoms with Gasteiger partial charge in [-0.25, -0.2) is 0 Å². The number of thioether (sulfide) groups is 2. The maximum absolute atomic E-state index is 13.8. The number of rotatable bonds is 4. The van der Waals surface area contributed by atoms with Crippen LogP contribution in [0.25, 0.3) is 0 Å². The minimum Gasteiger partial charge on any atom is -0.288 e. The van der Waals surface area contributed by atoms with Crippen LogP contribution in [-0.4, -0.2) is 23.1 Å². The fourth-order valence-electron chi connectivity index (χ4n) is 4.28. The summed E-state index contributed by atoms with van der Waals surface area (Å²) in [6, 6.07) is 17.4.